The van der Waals surface area contributed by atoms with Crippen LogP contribution in [-0.2, 0) is 11.2 Å². The van der Waals surface area contributed by atoms with Gasteiger partial charge >= 0.3 is 0 Å². The number of hydrogen-bond donors (Lipinski definition) is 2. The standard InChI is InChI=1S/C16H25FN2O/c1-4-16(5-2,11-18)19-15(20)12(3)10-13-8-6-7-9-14(13)17/h6-9,12H,4-5,10-11,18H2,1-3H3,(H,19,20). The van der Waals surface area contributed by atoms with Gasteiger partial charge in [-0.3, -0.25) is 4.79 Å². The van der Waals surface area contributed by atoms with Crippen LogP contribution >= 0.6 is 0 Å². The SMILES string of the molecule is CCC(CC)(CN)NC(=O)C(C)Cc1ccccc1F. The van der Waals surface area contributed by atoms with Gasteiger partial charge in [0.1, 0.15) is 5.82 Å². The highest BCUT2D eigenvalue weighted by Crippen LogP contribution is 2.17. The molecule has 0 aliphatic heterocycles. The number of nitrogens with one attached hydrogen (secondary N) is 1. The zero-order chi connectivity index (χ0) is 15.2. The molecule has 0 aromatic heterocycles. The molecule has 0 radical (unpaired) electrons. The third kappa shape index (κ3) is 4.04. The number of carbonyl (C=O) groups is 1. The Hall–Kier alpha value is -1.42. The van der Waals surface area contributed by atoms with Crippen molar-refractivity contribution < 1.29 is 9.18 Å². The summed E-state index contributed by atoms with van der Waals surface area (Å²) in [4.78, 5) is 12.3. The average molecular weight is 280 g/mol. The summed E-state index contributed by atoms with van der Waals surface area (Å²) < 4.78 is 13.6. The molecule has 1 aromatic carbocycles. The van der Waals surface area contributed by atoms with Crippen LogP contribution in [0.1, 0.15) is 39.2 Å². The number of benzene rings is 1. The summed E-state index contributed by atoms with van der Waals surface area (Å²) >= 11 is 0. The molecule has 0 spiro atoms. The van der Waals surface area contributed by atoms with E-state index < -0.39 is 0 Å². The van der Waals surface area contributed by atoms with Crippen molar-refractivity contribution in [1.29, 1.82) is 0 Å². The topological polar surface area (TPSA) is 55.1 Å². The number of nitrogens with two attached hydrogens (primary N) is 1. The Morgan fingerprint density at radius 3 is 2.45 bits per heavy atom. The maximum absolute atomic E-state index is 13.6. The van der Waals surface area contributed by atoms with E-state index in [-0.39, 0.29) is 23.2 Å². The maximum Gasteiger partial charge on any atom is 0.223 e. The molecule has 0 saturated heterocycles. The van der Waals surface area contributed by atoms with Crippen LogP contribution in [0.5, 0.6) is 0 Å². The Kier molecular flexibility index (Phi) is 6.14. The summed E-state index contributed by atoms with van der Waals surface area (Å²) in [7, 11) is 0. The fourth-order valence-electron chi connectivity index (χ4n) is 2.24. The molecular weight excluding hydrogens is 255 g/mol. The quantitative estimate of drug-likeness (QED) is 0.806. The van der Waals surface area contributed by atoms with Crippen LogP contribution in [0.4, 0.5) is 4.39 Å². The van der Waals surface area contributed by atoms with Crippen molar-refractivity contribution >= 4 is 5.91 Å². The lowest BCUT2D eigenvalue weighted by Crippen LogP contribution is -2.54. The highest BCUT2D eigenvalue weighted by molar-refractivity contribution is 5.79. The van der Waals surface area contributed by atoms with Gasteiger partial charge in [0, 0.05) is 12.5 Å². The Bertz CT molecular complexity index is 436. The van der Waals surface area contributed by atoms with Crippen molar-refractivity contribution in [2.24, 2.45) is 11.7 Å². The summed E-state index contributed by atoms with van der Waals surface area (Å²) in [5.74, 6) is -0.610. The van der Waals surface area contributed by atoms with Gasteiger partial charge in [-0.15, -0.1) is 0 Å². The molecule has 1 atom stereocenters. The molecule has 0 aliphatic carbocycles. The van der Waals surface area contributed by atoms with Crippen molar-refractivity contribution in [3.8, 4) is 0 Å². The number of amides is 1. The lowest BCUT2D eigenvalue weighted by molar-refractivity contribution is -0.126. The van der Waals surface area contributed by atoms with Crippen LogP contribution in [-0.4, -0.2) is 18.0 Å². The fraction of sp³-hybridized carbons (Fsp3) is 0.562. The molecule has 0 aliphatic rings. The number of rotatable bonds is 7. The monoisotopic (exact) mass is 280 g/mol. The second-order valence-corrected chi connectivity index (χ2v) is 5.38. The Labute approximate surface area is 120 Å². The van der Waals surface area contributed by atoms with Gasteiger partial charge in [-0.1, -0.05) is 39.0 Å². The predicted molar refractivity (Wildman–Crippen MR) is 79.8 cm³/mol. The highest BCUT2D eigenvalue weighted by Gasteiger charge is 2.28. The molecule has 112 valence electrons. The molecule has 0 fully saturated rings. The predicted octanol–water partition coefficient (Wildman–Crippen LogP) is 2.64. The van der Waals surface area contributed by atoms with Crippen molar-refractivity contribution in [3.05, 3.63) is 35.6 Å². The smallest absolute Gasteiger partial charge is 0.223 e. The largest absolute Gasteiger partial charge is 0.349 e. The highest BCUT2D eigenvalue weighted by atomic mass is 19.1. The Balaban J connectivity index is 2.70. The number of carbonyl (C=O) groups excluding carboxylic acids is 1. The van der Waals surface area contributed by atoms with Gasteiger partial charge in [-0.05, 0) is 30.9 Å². The molecule has 4 heteroatoms. The van der Waals surface area contributed by atoms with Crippen molar-refractivity contribution in [2.75, 3.05) is 6.54 Å². The zero-order valence-electron chi connectivity index (χ0n) is 12.6. The van der Waals surface area contributed by atoms with Crippen LogP contribution in [0.25, 0.3) is 0 Å². The maximum atomic E-state index is 13.6. The Morgan fingerprint density at radius 2 is 1.95 bits per heavy atom. The second-order valence-electron chi connectivity index (χ2n) is 5.38. The van der Waals surface area contributed by atoms with E-state index in [2.05, 4.69) is 5.32 Å². The van der Waals surface area contributed by atoms with E-state index in [0.29, 0.717) is 18.5 Å². The summed E-state index contributed by atoms with van der Waals surface area (Å²) in [5, 5.41) is 3.03. The van der Waals surface area contributed by atoms with Gasteiger partial charge in [0.05, 0.1) is 5.54 Å². The van der Waals surface area contributed by atoms with Crippen molar-refractivity contribution in [1.82, 2.24) is 5.32 Å². The first-order chi connectivity index (χ1) is 9.48. The molecule has 0 heterocycles. The molecule has 3 nitrogen and oxygen atoms in total. The number of halogens is 1. The third-order valence-electron chi connectivity index (χ3n) is 4.06. The minimum absolute atomic E-state index is 0.0672. The van der Waals surface area contributed by atoms with Crippen LogP contribution in [0, 0.1) is 11.7 Å². The first-order valence-corrected chi connectivity index (χ1v) is 7.23. The molecule has 3 N–H and O–H groups in total. The molecular formula is C16H25FN2O. The van der Waals surface area contributed by atoms with Crippen LogP contribution in [0.2, 0.25) is 0 Å². The van der Waals surface area contributed by atoms with Crippen molar-refractivity contribution in [2.45, 2.75) is 45.6 Å². The number of hydrogen-bond acceptors (Lipinski definition) is 2. The molecule has 1 aromatic rings. The van der Waals surface area contributed by atoms with Crippen molar-refractivity contribution in [3.63, 3.8) is 0 Å². The molecule has 20 heavy (non-hydrogen) atoms. The zero-order valence-corrected chi connectivity index (χ0v) is 12.6. The summed E-state index contributed by atoms with van der Waals surface area (Å²) in [6.07, 6.45) is 1.98. The second kappa shape index (κ2) is 7.39. The van der Waals surface area contributed by atoms with Gasteiger partial charge < -0.3 is 11.1 Å². The minimum Gasteiger partial charge on any atom is -0.349 e. The van der Waals surface area contributed by atoms with Gasteiger partial charge in [0.2, 0.25) is 5.91 Å². The minimum atomic E-state index is -0.347. The van der Waals surface area contributed by atoms with Crippen LogP contribution < -0.4 is 11.1 Å². The van der Waals surface area contributed by atoms with Gasteiger partial charge in [-0.2, -0.15) is 0 Å². The Morgan fingerprint density at radius 1 is 1.35 bits per heavy atom. The fourth-order valence-corrected chi connectivity index (χ4v) is 2.24. The first-order valence-electron chi connectivity index (χ1n) is 7.23. The molecule has 0 saturated carbocycles. The van der Waals surface area contributed by atoms with Gasteiger partial charge in [0.15, 0.2) is 0 Å². The molecule has 0 bridgehead atoms. The summed E-state index contributed by atoms with van der Waals surface area (Å²) in [6, 6.07) is 6.57. The first kappa shape index (κ1) is 16.6. The van der Waals surface area contributed by atoms with E-state index in [0.717, 1.165) is 12.8 Å². The van der Waals surface area contributed by atoms with Crippen LogP contribution in [0.3, 0.4) is 0 Å². The third-order valence-corrected chi connectivity index (χ3v) is 4.06. The van der Waals surface area contributed by atoms with E-state index in [9.17, 15) is 9.18 Å². The van der Waals surface area contributed by atoms with Gasteiger partial charge in [-0.25, -0.2) is 4.39 Å². The molecule has 1 rings (SSSR count). The lowest BCUT2D eigenvalue weighted by atomic mass is 9.91. The van der Waals surface area contributed by atoms with E-state index >= 15 is 0 Å². The molecule has 1 unspecified atom stereocenters. The van der Waals surface area contributed by atoms with E-state index in [1.807, 2.05) is 20.8 Å². The summed E-state index contributed by atoms with van der Waals surface area (Å²) in [5.41, 5.74) is 6.00. The van der Waals surface area contributed by atoms with Crippen LogP contribution in [0.15, 0.2) is 24.3 Å². The summed E-state index contributed by atoms with van der Waals surface area (Å²) in [6.45, 7) is 6.25. The van der Waals surface area contributed by atoms with Gasteiger partial charge in [0.25, 0.3) is 0 Å². The van der Waals surface area contributed by atoms with E-state index in [1.54, 1.807) is 18.2 Å². The normalized spacial score (nSPS) is 13.1. The van der Waals surface area contributed by atoms with E-state index in [4.69, 9.17) is 5.73 Å². The lowest BCUT2D eigenvalue weighted by Gasteiger charge is -2.32. The van der Waals surface area contributed by atoms with E-state index in [1.165, 1.54) is 6.07 Å². The molecule has 1 amide bonds. The average Bonchev–Trinajstić information content (AvgIpc) is 2.47.